The maximum Gasteiger partial charge on any atom is 0.211 e. The van der Waals surface area contributed by atoms with Crippen molar-refractivity contribution >= 4 is 0 Å². The number of methoxy groups -OCH3 is 2. The molecule has 1 N–H and O–H groups in total. The molecule has 4 nitrogen and oxygen atoms in total. The molecule has 0 heterocycles. The lowest BCUT2D eigenvalue weighted by molar-refractivity contribution is 0.273. The molecule has 0 aromatic heterocycles. The van der Waals surface area contributed by atoms with Crippen molar-refractivity contribution < 1.29 is 23.7 Å². The van der Waals surface area contributed by atoms with E-state index < -0.39 is 5.82 Å². The maximum absolute atomic E-state index is 13.1. The van der Waals surface area contributed by atoms with E-state index in [1.165, 1.54) is 32.4 Å². The second-order valence-corrected chi connectivity index (χ2v) is 4.00. The number of hydrogen-bond acceptors (Lipinski definition) is 4. The minimum atomic E-state index is -0.437. The molecule has 0 aliphatic carbocycles. The van der Waals surface area contributed by atoms with Crippen molar-refractivity contribution in [2.75, 3.05) is 14.2 Å². The Hall–Kier alpha value is -2.27. The Bertz CT molecular complexity index is 576. The number of hydrogen-bond donors (Lipinski definition) is 1. The van der Waals surface area contributed by atoms with Gasteiger partial charge in [-0.1, -0.05) is 6.07 Å². The molecule has 0 fully saturated rings. The molecule has 5 heteroatoms. The molecule has 106 valence electrons. The van der Waals surface area contributed by atoms with Crippen LogP contribution >= 0.6 is 0 Å². The van der Waals surface area contributed by atoms with Crippen molar-refractivity contribution in [1.29, 1.82) is 0 Å². The van der Waals surface area contributed by atoms with Gasteiger partial charge in [0.15, 0.2) is 11.5 Å². The third-order valence-electron chi connectivity index (χ3n) is 2.79. The lowest BCUT2D eigenvalue weighted by Crippen LogP contribution is -1.97. The zero-order valence-electron chi connectivity index (χ0n) is 11.2. The van der Waals surface area contributed by atoms with Gasteiger partial charge in [0.2, 0.25) is 5.75 Å². The standard InChI is InChI=1S/C15H15FO4/c1-18-13-4-3-5-14(19-2)15(13)20-12-7-6-11(16)8-10(12)9-17/h3-8,17H,9H2,1-2H3. The van der Waals surface area contributed by atoms with Crippen molar-refractivity contribution in [2.45, 2.75) is 6.61 Å². The SMILES string of the molecule is COc1cccc(OC)c1Oc1ccc(F)cc1CO. The summed E-state index contributed by atoms with van der Waals surface area (Å²) in [4.78, 5) is 0. The molecule has 2 rings (SSSR count). The maximum atomic E-state index is 13.1. The minimum Gasteiger partial charge on any atom is -0.493 e. The highest BCUT2D eigenvalue weighted by atomic mass is 19.1. The third-order valence-corrected chi connectivity index (χ3v) is 2.79. The molecule has 0 radical (unpaired) electrons. The number of aliphatic hydroxyl groups excluding tert-OH is 1. The van der Waals surface area contributed by atoms with E-state index in [0.29, 0.717) is 28.6 Å². The van der Waals surface area contributed by atoms with Gasteiger partial charge in [-0.25, -0.2) is 4.39 Å². The van der Waals surface area contributed by atoms with Crippen LogP contribution in [-0.4, -0.2) is 19.3 Å². The van der Waals surface area contributed by atoms with Crippen LogP contribution in [0.25, 0.3) is 0 Å². The van der Waals surface area contributed by atoms with Crippen molar-refractivity contribution in [3.8, 4) is 23.0 Å². The van der Waals surface area contributed by atoms with E-state index in [4.69, 9.17) is 14.2 Å². The first-order valence-electron chi connectivity index (χ1n) is 5.97. The van der Waals surface area contributed by atoms with E-state index in [-0.39, 0.29) is 6.61 Å². The largest absolute Gasteiger partial charge is 0.493 e. The van der Waals surface area contributed by atoms with E-state index in [1.807, 2.05) is 0 Å². The average Bonchev–Trinajstić information content (AvgIpc) is 2.49. The summed E-state index contributed by atoms with van der Waals surface area (Å²) < 4.78 is 29.3. The van der Waals surface area contributed by atoms with Crippen LogP contribution in [0.2, 0.25) is 0 Å². The lowest BCUT2D eigenvalue weighted by Gasteiger charge is -2.15. The first-order valence-corrected chi connectivity index (χ1v) is 5.97. The van der Waals surface area contributed by atoms with Gasteiger partial charge in [0, 0.05) is 5.56 Å². The Balaban J connectivity index is 2.44. The van der Waals surface area contributed by atoms with Crippen LogP contribution in [0.3, 0.4) is 0 Å². The normalized spacial score (nSPS) is 10.2. The highest BCUT2D eigenvalue weighted by Crippen LogP contribution is 2.40. The van der Waals surface area contributed by atoms with E-state index in [0.717, 1.165) is 0 Å². The number of halogens is 1. The first-order chi connectivity index (χ1) is 9.69. The summed E-state index contributed by atoms with van der Waals surface area (Å²) in [5.74, 6) is 1.25. The molecule has 0 unspecified atom stereocenters. The Morgan fingerprint density at radius 1 is 1.00 bits per heavy atom. The number of rotatable bonds is 5. The highest BCUT2D eigenvalue weighted by molar-refractivity contribution is 5.53. The smallest absolute Gasteiger partial charge is 0.211 e. The second kappa shape index (κ2) is 6.25. The van der Waals surface area contributed by atoms with Crippen LogP contribution in [0.4, 0.5) is 4.39 Å². The minimum absolute atomic E-state index is 0.329. The van der Waals surface area contributed by atoms with Gasteiger partial charge >= 0.3 is 0 Å². The molecular formula is C15H15FO4. The second-order valence-electron chi connectivity index (χ2n) is 4.00. The zero-order valence-corrected chi connectivity index (χ0v) is 11.2. The summed E-state index contributed by atoms with van der Waals surface area (Å²) in [6, 6.07) is 9.14. The Morgan fingerprint density at radius 2 is 1.65 bits per heavy atom. The Morgan fingerprint density at radius 3 is 2.20 bits per heavy atom. The number of benzene rings is 2. The Kier molecular flexibility index (Phi) is 4.42. The fraction of sp³-hybridized carbons (Fsp3) is 0.200. The first kappa shape index (κ1) is 14.1. The van der Waals surface area contributed by atoms with Gasteiger partial charge in [0.05, 0.1) is 20.8 Å². The van der Waals surface area contributed by atoms with Gasteiger partial charge in [0.25, 0.3) is 0 Å². The molecule has 2 aromatic rings. The van der Waals surface area contributed by atoms with Crippen LogP contribution in [0.5, 0.6) is 23.0 Å². The molecule has 0 saturated heterocycles. The van der Waals surface area contributed by atoms with E-state index in [9.17, 15) is 9.50 Å². The van der Waals surface area contributed by atoms with Crippen molar-refractivity contribution in [2.24, 2.45) is 0 Å². The fourth-order valence-corrected chi connectivity index (χ4v) is 1.80. The van der Waals surface area contributed by atoms with Gasteiger partial charge in [-0.3, -0.25) is 0 Å². The molecule has 20 heavy (non-hydrogen) atoms. The van der Waals surface area contributed by atoms with Gasteiger partial charge in [-0.2, -0.15) is 0 Å². The zero-order chi connectivity index (χ0) is 14.5. The Labute approximate surface area is 116 Å². The van der Waals surface area contributed by atoms with Crippen molar-refractivity contribution in [1.82, 2.24) is 0 Å². The predicted octanol–water partition coefficient (Wildman–Crippen LogP) is 3.13. The molecular weight excluding hydrogens is 263 g/mol. The molecule has 0 bridgehead atoms. The lowest BCUT2D eigenvalue weighted by atomic mass is 10.2. The molecule has 0 aliphatic heterocycles. The number of aliphatic hydroxyl groups is 1. The van der Waals surface area contributed by atoms with E-state index in [1.54, 1.807) is 18.2 Å². The average molecular weight is 278 g/mol. The third kappa shape index (κ3) is 2.83. The quantitative estimate of drug-likeness (QED) is 0.912. The molecule has 0 atom stereocenters. The topological polar surface area (TPSA) is 47.9 Å². The molecule has 0 aliphatic rings. The molecule has 2 aromatic carbocycles. The van der Waals surface area contributed by atoms with Gasteiger partial charge in [-0.15, -0.1) is 0 Å². The number of para-hydroxylation sites is 1. The van der Waals surface area contributed by atoms with E-state index in [2.05, 4.69) is 0 Å². The summed E-state index contributed by atoms with van der Waals surface area (Å²) in [5.41, 5.74) is 0.345. The van der Waals surface area contributed by atoms with Crippen LogP contribution in [0.1, 0.15) is 5.56 Å². The summed E-state index contributed by atoms with van der Waals surface area (Å²) >= 11 is 0. The van der Waals surface area contributed by atoms with Gasteiger partial charge in [0.1, 0.15) is 11.6 Å². The fourth-order valence-electron chi connectivity index (χ4n) is 1.80. The van der Waals surface area contributed by atoms with E-state index >= 15 is 0 Å². The summed E-state index contributed by atoms with van der Waals surface area (Å²) in [7, 11) is 3.03. The monoisotopic (exact) mass is 278 g/mol. The van der Waals surface area contributed by atoms with Gasteiger partial charge in [-0.05, 0) is 30.3 Å². The molecule has 0 amide bonds. The van der Waals surface area contributed by atoms with Crippen molar-refractivity contribution in [3.05, 3.63) is 47.8 Å². The van der Waals surface area contributed by atoms with Crippen LogP contribution in [0.15, 0.2) is 36.4 Å². The summed E-state index contributed by atoms with van der Waals surface area (Å²) in [6.45, 7) is -0.329. The van der Waals surface area contributed by atoms with Gasteiger partial charge < -0.3 is 19.3 Å². The highest BCUT2D eigenvalue weighted by Gasteiger charge is 2.14. The predicted molar refractivity (Wildman–Crippen MR) is 71.9 cm³/mol. The van der Waals surface area contributed by atoms with Crippen LogP contribution in [-0.2, 0) is 6.61 Å². The molecule has 0 spiro atoms. The van der Waals surface area contributed by atoms with Crippen LogP contribution < -0.4 is 14.2 Å². The number of ether oxygens (including phenoxy) is 3. The molecule has 0 saturated carbocycles. The van der Waals surface area contributed by atoms with Crippen molar-refractivity contribution in [3.63, 3.8) is 0 Å². The summed E-state index contributed by atoms with van der Waals surface area (Å²) in [5, 5.41) is 9.26. The summed E-state index contributed by atoms with van der Waals surface area (Å²) in [6.07, 6.45) is 0. The van der Waals surface area contributed by atoms with Crippen LogP contribution in [0, 0.1) is 5.82 Å².